The van der Waals surface area contributed by atoms with Crippen LogP contribution in [0.25, 0.3) is 0 Å². The minimum Gasteiger partial charge on any atom is -0.312 e. The molecule has 19 heavy (non-hydrogen) atoms. The van der Waals surface area contributed by atoms with Gasteiger partial charge in [0.25, 0.3) is 0 Å². The van der Waals surface area contributed by atoms with Gasteiger partial charge in [-0.1, -0.05) is 25.1 Å². The topological polar surface area (TPSA) is 66.5 Å². The van der Waals surface area contributed by atoms with Crippen molar-refractivity contribution >= 4 is 11.8 Å². The largest absolute Gasteiger partial charge is 0.312 e. The maximum atomic E-state index is 9.50. The zero-order valence-corrected chi connectivity index (χ0v) is 12.4. The molecule has 0 spiro atoms. The van der Waals surface area contributed by atoms with Crippen molar-refractivity contribution in [2.45, 2.75) is 43.3 Å². The van der Waals surface area contributed by atoms with Gasteiger partial charge >= 0.3 is 0 Å². The Bertz CT molecular complexity index is 452. The molecule has 2 rings (SSSR count). The van der Waals surface area contributed by atoms with Crippen molar-refractivity contribution in [1.29, 1.82) is 5.26 Å². The lowest BCUT2D eigenvalue weighted by atomic mass is 9.86. The number of aryl methyl sites for hydroxylation is 1. The number of aromatic nitrogens is 3. The Kier molecular flexibility index (Phi) is 4.83. The summed E-state index contributed by atoms with van der Waals surface area (Å²) in [5.41, 5.74) is -0.296. The average molecular weight is 279 g/mol. The number of nitrogens with one attached hydrogen (secondary N) is 1. The van der Waals surface area contributed by atoms with Crippen molar-refractivity contribution in [2.75, 3.05) is 12.3 Å². The van der Waals surface area contributed by atoms with Crippen LogP contribution in [0.4, 0.5) is 0 Å². The van der Waals surface area contributed by atoms with Crippen LogP contribution in [-0.2, 0) is 7.05 Å². The summed E-state index contributed by atoms with van der Waals surface area (Å²) in [4.78, 5) is 0. The second-order valence-electron chi connectivity index (χ2n) is 5.06. The van der Waals surface area contributed by atoms with Crippen molar-refractivity contribution in [3.63, 3.8) is 0 Å². The van der Waals surface area contributed by atoms with E-state index in [1.165, 1.54) is 0 Å². The standard InChI is InChI=1S/C13H21N5S/c1-3-15-13(9-14)7-4-5-11(13)6-8-19-12-17-16-10-18(12)2/h10-11,15H,3-8H2,1-2H3. The zero-order chi connectivity index (χ0) is 13.7. The molecular weight excluding hydrogens is 258 g/mol. The summed E-state index contributed by atoms with van der Waals surface area (Å²) in [6, 6.07) is 2.53. The minimum atomic E-state index is -0.296. The van der Waals surface area contributed by atoms with Gasteiger partial charge in [-0.15, -0.1) is 10.2 Å². The van der Waals surface area contributed by atoms with E-state index in [4.69, 9.17) is 0 Å². The third-order valence-electron chi connectivity index (χ3n) is 3.88. The van der Waals surface area contributed by atoms with Gasteiger partial charge in [0.05, 0.1) is 6.07 Å². The molecule has 1 fully saturated rings. The van der Waals surface area contributed by atoms with Crippen LogP contribution in [0.5, 0.6) is 0 Å². The SMILES string of the molecule is CCNC1(C#N)CCCC1CCSc1nncn1C. The van der Waals surface area contributed by atoms with Gasteiger partial charge in [-0.25, -0.2) is 0 Å². The lowest BCUT2D eigenvalue weighted by Gasteiger charge is -2.29. The van der Waals surface area contributed by atoms with E-state index in [0.29, 0.717) is 5.92 Å². The highest BCUT2D eigenvalue weighted by Crippen LogP contribution is 2.38. The van der Waals surface area contributed by atoms with Crippen LogP contribution in [0.2, 0.25) is 0 Å². The molecule has 1 aliphatic rings. The van der Waals surface area contributed by atoms with Crippen molar-refractivity contribution in [2.24, 2.45) is 13.0 Å². The molecule has 5 nitrogen and oxygen atoms in total. The lowest BCUT2D eigenvalue weighted by molar-refractivity contribution is 0.317. The van der Waals surface area contributed by atoms with Crippen LogP contribution in [0.3, 0.4) is 0 Å². The average Bonchev–Trinajstić information content (AvgIpc) is 2.99. The smallest absolute Gasteiger partial charge is 0.190 e. The van der Waals surface area contributed by atoms with Gasteiger partial charge in [0.2, 0.25) is 0 Å². The molecule has 0 bridgehead atoms. The number of rotatable bonds is 6. The summed E-state index contributed by atoms with van der Waals surface area (Å²) in [5.74, 6) is 1.45. The summed E-state index contributed by atoms with van der Waals surface area (Å²) in [6.45, 7) is 2.93. The molecular formula is C13H21N5S. The van der Waals surface area contributed by atoms with E-state index >= 15 is 0 Å². The highest BCUT2D eigenvalue weighted by molar-refractivity contribution is 7.99. The van der Waals surface area contributed by atoms with Gasteiger partial charge in [-0.05, 0) is 31.7 Å². The maximum Gasteiger partial charge on any atom is 0.190 e. The minimum absolute atomic E-state index is 0.296. The molecule has 1 heterocycles. The molecule has 1 aromatic heterocycles. The molecule has 0 aromatic carbocycles. The molecule has 2 atom stereocenters. The number of hydrogen-bond donors (Lipinski definition) is 1. The molecule has 0 amide bonds. The Hall–Kier alpha value is -1.06. The van der Waals surface area contributed by atoms with Gasteiger partial charge in [-0.2, -0.15) is 5.26 Å². The predicted octanol–water partition coefficient (Wildman–Crippen LogP) is 1.97. The predicted molar refractivity (Wildman–Crippen MR) is 75.7 cm³/mol. The Labute approximate surface area is 118 Å². The second kappa shape index (κ2) is 6.40. The van der Waals surface area contributed by atoms with Crippen molar-refractivity contribution < 1.29 is 0 Å². The first-order valence-electron chi connectivity index (χ1n) is 6.85. The van der Waals surface area contributed by atoms with E-state index in [2.05, 4.69) is 28.5 Å². The van der Waals surface area contributed by atoms with E-state index in [1.807, 2.05) is 11.6 Å². The Morgan fingerprint density at radius 1 is 1.68 bits per heavy atom. The number of thioether (sulfide) groups is 1. The number of hydrogen-bond acceptors (Lipinski definition) is 5. The van der Waals surface area contributed by atoms with Crippen molar-refractivity contribution in [1.82, 2.24) is 20.1 Å². The van der Waals surface area contributed by atoms with E-state index < -0.39 is 0 Å². The van der Waals surface area contributed by atoms with Crippen LogP contribution in [-0.4, -0.2) is 32.6 Å². The summed E-state index contributed by atoms with van der Waals surface area (Å²) in [5, 5.41) is 21.8. The van der Waals surface area contributed by atoms with Gasteiger partial charge in [0.1, 0.15) is 11.9 Å². The monoisotopic (exact) mass is 279 g/mol. The molecule has 1 N–H and O–H groups in total. The molecule has 6 heteroatoms. The fourth-order valence-electron chi connectivity index (χ4n) is 2.90. The van der Waals surface area contributed by atoms with Crippen molar-refractivity contribution in [3.05, 3.63) is 6.33 Å². The zero-order valence-electron chi connectivity index (χ0n) is 11.6. The third kappa shape index (κ3) is 3.10. The van der Waals surface area contributed by atoms with Crippen LogP contribution in [0.1, 0.15) is 32.6 Å². The van der Waals surface area contributed by atoms with Crippen molar-refractivity contribution in [3.8, 4) is 6.07 Å². The number of nitriles is 1. The Morgan fingerprint density at radius 2 is 2.53 bits per heavy atom. The highest BCUT2D eigenvalue weighted by Gasteiger charge is 2.42. The summed E-state index contributed by atoms with van der Waals surface area (Å²) in [6.07, 6.45) is 6.06. The molecule has 0 radical (unpaired) electrons. The fourth-order valence-corrected chi connectivity index (χ4v) is 3.84. The van der Waals surface area contributed by atoms with Crippen LogP contribution in [0, 0.1) is 17.2 Å². The normalized spacial score (nSPS) is 26.5. The third-order valence-corrected chi connectivity index (χ3v) is 4.95. The van der Waals surface area contributed by atoms with E-state index in [0.717, 1.165) is 43.1 Å². The molecule has 0 aliphatic heterocycles. The van der Waals surface area contributed by atoms with Gasteiger partial charge in [-0.3, -0.25) is 5.32 Å². The van der Waals surface area contributed by atoms with E-state index in [-0.39, 0.29) is 5.54 Å². The maximum absolute atomic E-state index is 9.50. The molecule has 1 saturated carbocycles. The number of nitrogens with zero attached hydrogens (tertiary/aromatic N) is 4. The quantitative estimate of drug-likeness (QED) is 0.806. The lowest BCUT2D eigenvalue weighted by Crippen LogP contribution is -2.47. The Morgan fingerprint density at radius 3 is 3.16 bits per heavy atom. The van der Waals surface area contributed by atoms with Gasteiger partial charge in [0, 0.05) is 12.8 Å². The van der Waals surface area contributed by atoms with Crippen LogP contribution in [0.15, 0.2) is 11.5 Å². The summed E-state index contributed by atoms with van der Waals surface area (Å²) >= 11 is 1.72. The first-order valence-corrected chi connectivity index (χ1v) is 7.83. The molecule has 1 aliphatic carbocycles. The fraction of sp³-hybridized carbons (Fsp3) is 0.769. The molecule has 104 valence electrons. The van der Waals surface area contributed by atoms with Gasteiger partial charge in [0.15, 0.2) is 5.16 Å². The van der Waals surface area contributed by atoms with E-state index in [1.54, 1.807) is 18.1 Å². The van der Waals surface area contributed by atoms with Crippen LogP contribution < -0.4 is 5.32 Å². The van der Waals surface area contributed by atoms with E-state index in [9.17, 15) is 5.26 Å². The molecule has 0 saturated heterocycles. The van der Waals surface area contributed by atoms with Gasteiger partial charge < -0.3 is 4.57 Å². The second-order valence-corrected chi connectivity index (χ2v) is 6.13. The molecule has 2 unspecified atom stereocenters. The highest BCUT2D eigenvalue weighted by atomic mass is 32.2. The molecule has 1 aromatic rings. The summed E-state index contributed by atoms with van der Waals surface area (Å²) in [7, 11) is 1.95. The van der Waals surface area contributed by atoms with Crippen LogP contribution >= 0.6 is 11.8 Å². The summed E-state index contributed by atoms with van der Waals surface area (Å²) < 4.78 is 1.93. The first-order chi connectivity index (χ1) is 9.22. The Balaban J connectivity index is 1.88. The first kappa shape index (κ1) is 14.4.